The van der Waals surface area contributed by atoms with Crippen LogP contribution in [-0.4, -0.2) is 48.9 Å². The predicted molar refractivity (Wildman–Crippen MR) is 87.2 cm³/mol. The lowest BCUT2D eigenvalue weighted by Gasteiger charge is -2.23. The number of nitrogens with one attached hydrogen (secondary N) is 1. The van der Waals surface area contributed by atoms with E-state index in [2.05, 4.69) is 5.32 Å². The van der Waals surface area contributed by atoms with Gasteiger partial charge in [-0.25, -0.2) is 0 Å². The third-order valence-electron chi connectivity index (χ3n) is 3.93. The van der Waals surface area contributed by atoms with E-state index in [1.54, 1.807) is 18.2 Å². The lowest BCUT2D eigenvalue weighted by molar-refractivity contribution is -0.127. The van der Waals surface area contributed by atoms with Gasteiger partial charge >= 0.3 is 0 Å². The number of carbonyl (C=O) groups excluding carboxylic acids is 2. The molecule has 7 nitrogen and oxygen atoms in total. The van der Waals surface area contributed by atoms with Crippen molar-refractivity contribution in [3.05, 3.63) is 35.4 Å². The molecule has 0 fully saturated rings. The van der Waals surface area contributed by atoms with Crippen molar-refractivity contribution in [3.8, 4) is 0 Å². The molecule has 7 heteroatoms. The van der Waals surface area contributed by atoms with Gasteiger partial charge in [-0.1, -0.05) is 18.2 Å². The van der Waals surface area contributed by atoms with E-state index in [-0.39, 0.29) is 12.5 Å². The second-order valence-electron chi connectivity index (χ2n) is 5.75. The molecule has 0 saturated carbocycles. The summed E-state index contributed by atoms with van der Waals surface area (Å²) in [5, 5.41) is 12.7. The van der Waals surface area contributed by atoms with Crippen molar-refractivity contribution in [2.75, 3.05) is 19.8 Å². The van der Waals surface area contributed by atoms with Crippen molar-refractivity contribution in [2.24, 2.45) is 5.73 Å². The van der Waals surface area contributed by atoms with Crippen molar-refractivity contribution in [2.45, 2.75) is 38.0 Å². The summed E-state index contributed by atoms with van der Waals surface area (Å²) in [5.41, 5.74) is 6.37. The van der Waals surface area contributed by atoms with E-state index in [9.17, 15) is 14.7 Å². The summed E-state index contributed by atoms with van der Waals surface area (Å²) in [4.78, 5) is 23.9. The molecule has 1 aliphatic heterocycles. The van der Waals surface area contributed by atoms with Crippen molar-refractivity contribution in [3.63, 3.8) is 0 Å². The normalized spacial score (nSPS) is 21.9. The van der Waals surface area contributed by atoms with Gasteiger partial charge < -0.3 is 25.6 Å². The highest BCUT2D eigenvalue weighted by molar-refractivity contribution is 5.96. The molecule has 0 aliphatic carbocycles. The average molecular weight is 336 g/mol. The number of nitrogens with two attached hydrogens (primary N) is 1. The standard InChI is InChI=1S/C17H24N2O5/c18-16(21)15(20)14-7-3-4-8-23-9-10-24-11-12-5-1-2-6-13(12)17(22)19-14/h1-2,5-6,14-15,20H,3-4,7-11H2,(H2,18,21)(H,19,22)/t14-,15?/m0/s1. The van der Waals surface area contributed by atoms with Gasteiger partial charge in [0, 0.05) is 12.2 Å². The van der Waals surface area contributed by atoms with E-state index in [1.165, 1.54) is 0 Å². The van der Waals surface area contributed by atoms with Crippen LogP contribution in [-0.2, 0) is 20.9 Å². The molecule has 2 atom stereocenters. The quantitative estimate of drug-likeness (QED) is 0.721. The van der Waals surface area contributed by atoms with Gasteiger partial charge in [-0.3, -0.25) is 9.59 Å². The molecule has 0 aromatic heterocycles. The first-order valence-corrected chi connectivity index (χ1v) is 8.11. The van der Waals surface area contributed by atoms with Crippen LogP contribution in [0, 0.1) is 0 Å². The van der Waals surface area contributed by atoms with E-state index < -0.39 is 18.1 Å². The summed E-state index contributed by atoms with van der Waals surface area (Å²) in [6.45, 7) is 1.80. The van der Waals surface area contributed by atoms with Crippen molar-refractivity contribution in [1.29, 1.82) is 0 Å². The molecule has 0 radical (unpaired) electrons. The summed E-state index contributed by atoms with van der Waals surface area (Å²) in [6, 6.07) is 6.34. The molecule has 1 aromatic carbocycles. The van der Waals surface area contributed by atoms with Gasteiger partial charge in [0.1, 0.15) is 0 Å². The molecule has 4 N–H and O–H groups in total. The van der Waals surface area contributed by atoms with Gasteiger partial charge in [-0.2, -0.15) is 0 Å². The minimum Gasteiger partial charge on any atom is -0.381 e. The number of rotatable bonds is 2. The molecule has 132 valence electrons. The molecule has 0 saturated heterocycles. The summed E-state index contributed by atoms with van der Waals surface area (Å²) in [6.07, 6.45) is 0.468. The molecule has 2 amide bonds. The molecule has 1 aromatic rings. The first-order chi connectivity index (χ1) is 11.6. The molecular weight excluding hydrogens is 312 g/mol. The number of aliphatic hydroxyl groups is 1. The zero-order valence-corrected chi connectivity index (χ0v) is 13.6. The van der Waals surface area contributed by atoms with E-state index in [4.69, 9.17) is 15.2 Å². The third-order valence-corrected chi connectivity index (χ3v) is 3.93. The van der Waals surface area contributed by atoms with Crippen LogP contribution in [0.25, 0.3) is 0 Å². The number of aliphatic hydroxyl groups excluding tert-OH is 1. The summed E-state index contributed by atoms with van der Waals surface area (Å²) >= 11 is 0. The van der Waals surface area contributed by atoms with Gasteiger partial charge in [0.25, 0.3) is 5.91 Å². The molecule has 24 heavy (non-hydrogen) atoms. The number of ether oxygens (including phenoxy) is 2. The van der Waals surface area contributed by atoms with E-state index in [1.807, 2.05) is 6.07 Å². The summed E-state index contributed by atoms with van der Waals surface area (Å²) < 4.78 is 11.0. The number of primary amides is 1. The fourth-order valence-electron chi connectivity index (χ4n) is 2.59. The molecular formula is C17H24N2O5. The number of hydrogen-bond donors (Lipinski definition) is 3. The fraction of sp³-hybridized carbons (Fsp3) is 0.529. The topological polar surface area (TPSA) is 111 Å². The Kier molecular flexibility index (Phi) is 7.17. The van der Waals surface area contributed by atoms with Crippen LogP contribution < -0.4 is 11.1 Å². The molecule has 1 unspecified atom stereocenters. The van der Waals surface area contributed by atoms with Gasteiger partial charge in [-0.05, 0) is 30.9 Å². The van der Waals surface area contributed by atoms with E-state index in [0.717, 1.165) is 12.0 Å². The van der Waals surface area contributed by atoms with Crippen molar-refractivity contribution in [1.82, 2.24) is 5.32 Å². The first-order valence-electron chi connectivity index (χ1n) is 8.11. The number of hydrogen-bond acceptors (Lipinski definition) is 5. The smallest absolute Gasteiger partial charge is 0.251 e. The highest BCUT2D eigenvalue weighted by Gasteiger charge is 2.26. The Balaban J connectivity index is 2.19. The van der Waals surface area contributed by atoms with Crippen LogP contribution in [0.5, 0.6) is 0 Å². The second-order valence-corrected chi connectivity index (χ2v) is 5.75. The van der Waals surface area contributed by atoms with Crippen LogP contribution in [0.1, 0.15) is 35.2 Å². The Morgan fingerprint density at radius 2 is 1.96 bits per heavy atom. The predicted octanol–water partition coefficient (Wildman–Crippen LogP) is 0.348. The SMILES string of the molecule is NC(=O)C(O)[C@@H]1CCCCOCCOCc2ccccc2C(=O)N1. The number of carbonyl (C=O) groups is 2. The van der Waals surface area contributed by atoms with Crippen LogP contribution in [0.4, 0.5) is 0 Å². The Hall–Kier alpha value is -1.96. The third kappa shape index (κ3) is 5.30. The van der Waals surface area contributed by atoms with Crippen molar-refractivity contribution >= 4 is 11.8 Å². The number of benzene rings is 1. The van der Waals surface area contributed by atoms with E-state index >= 15 is 0 Å². The lowest BCUT2D eigenvalue weighted by Crippen LogP contribution is -2.49. The van der Waals surface area contributed by atoms with Crippen LogP contribution in [0.3, 0.4) is 0 Å². The second kappa shape index (κ2) is 9.36. The number of fused-ring (bicyclic) bond motifs is 1. The summed E-state index contributed by atoms with van der Waals surface area (Å²) in [5.74, 6) is -1.21. The van der Waals surface area contributed by atoms with Gasteiger partial charge in [0.15, 0.2) is 6.10 Å². The summed E-state index contributed by atoms with van der Waals surface area (Å²) in [7, 11) is 0. The van der Waals surface area contributed by atoms with Gasteiger partial charge in [0.05, 0.1) is 25.9 Å². The maximum Gasteiger partial charge on any atom is 0.251 e. The zero-order valence-electron chi connectivity index (χ0n) is 13.6. The molecule has 2 rings (SSSR count). The Labute approximate surface area is 141 Å². The molecule has 0 spiro atoms. The van der Waals surface area contributed by atoms with Crippen molar-refractivity contribution < 1.29 is 24.2 Å². The Bertz CT molecular complexity index is 564. The monoisotopic (exact) mass is 336 g/mol. The maximum atomic E-state index is 12.6. The van der Waals surface area contributed by atoms with Crippen LogP contribution in [0.15, 0.2) is 24.3 Å². The number of amides is 2. The minimum absolute atomic E-state index is 0.288. The van der Waals surface area contributed by atoms with Gasteiger partial charge in [0.2, 0.25) is 5.91 Å². The fourth-order valence-corrected chi connectivity index (χ4v) is 2.59. The molecule has 0 bridgehead atoms. The minimum atomic E-state index is -1.42. The zero-order chi connectivity index (χ0) is 17.4. The highest BCUT2D eigenvalue weighted by Crippen LogP contribution is 2.13. The Morgan fingerprint density at radius 1 is 1.21 bits per heavy atom. The largest absolute Gasteiger partial charge is 0.381 e. The first kappa shape index (κ1) is 18.4. The van der Waals surface area contributed by atoms with Crippen LogP contribution >= 0.6 is 0 Å². The lowest BCUT2D eigenvalue weighted by atomic mass is 10.0. The van der Waals surface area contributed by atoms with E-state index in [0.29, 0.717) is 38.2 Å². The highest BCUT2D eigenvalue weighted by atomic mass is 16.5. The van der Waals surface area contributed by atoms with Gasteiger partial charge in [-0.15, -0.1) is 0 Å². The molecule has 1 aliphatic rings. The molecule has 1 heterocycles. The Morgan fingerprint density at radius 3 is 2.75 bits per heavy atom. The maximum absolute atomic E-state index is 12.6. The van der Waals surface area contributed by atoms with Crippen LogP contribution in [0.2, 0.25) is 0 Å². The average Bonchev–Trinajstić information content (AvgIpc) is 2.58.